The molecular formula is C16H21FN2O2. The lowest BCUT2D eigenvalue weighted by Crippen LogP contribution is -2.64. The molecule has 0 aromatic heterocycles. The summed E-state index contributed by atoms with van der Waals surface area (Å²) in [4.78, 5) is 26.2. The van der Waals surface area contributed by atoms with Gasteiger partial charge in [-0.25, -0.2) is 4.39 Å². The quantitative estimate of drug-likeness (QED) is 0.929. The standard InChI is InChI=1S/C16H21FN2O2/c1-9(2)14-15(20)18-10(3)16(21)19(14)11(4)12-7-5-6-8-13(12)17/h5-11,14H,1-4H3,(H,18,20). The van der Waals surface area contributed by atoms with Crippen molar-refractivity contribution in [2.24, 2.45) is 5.92 Å². The van der Waals surface area contributed by atoms with E-state index in [0.29, 0.717) is 5.56 Å². The lowest BCUT2D eigenvalue weighted by atomic mass is 9.93. The third kappa shape index (κ3) is 2.77. The number of carbonyl (C=O) groups is 2. The fourth-order valence-electron chi connectivity index (χ4n) is 2.87. The molecule has 1 N–H and O–H groups in total. The molecule has 1 saturated heterocycles. The molecule has 3 unspecified atom stereocenters. The second-order valence-corrected chi connectivity index (χ2v) is 5.86. The molecule has 1 aliphatic heterocycles. The van der Waals surface area contributed by atoms with Gasteiger partial charge in [-0.15, -0.1) is 0 Å². The largest absolute Gasteiger partial charge is 0.343 e. The monoisotopic (exact) mass is 292 g/mol. The Morgan fingerprint density at radius 1 is 1.19 bits per heavy atom. The van der Waals surface area contributed by atoms with Crippen LogP contribution in [0.2, 0.25) is 0 Å². The molecule has 21 heavy (non-hydrogen) atoms. The van der Waals surface area contributed by atoms with Crippen LogP contribution in [-0.4, -0.2) is 28.8 Å². The van der Waals surface area contributed by atoms with Crippen LogP contribution in [0.5, 0.6) is 0 Å². The Morgan fingerprint density at radius 2 is 1.81 bits per heavy atom. The highest BCUT2D eigenvalue weighted by Gasteiger charge is 2.43. The summed E-state index contributed by atoms with van der Waals surface area (Å²) in [6.45, 7) is 7.18. The van der Waals surface area contributed by atoms with Crippen molar-refractivity contribution in [3.63, 3.8) is 0 Å². The molecule has 0 radical (unpaired) electrons. The van der Waals surface area contributed by atoms with Gasteiger partial charge >= 0.3 is 0 Å². The van der Waals surface area contributed by atoms with Gasteiger partial charge in [-0.3, -0.25) is 9.59 Å². The van der Waals surface area contributed by atoms with E-state index < -0.39 is 18.1 Å². The number of amides is 2. The van der Waals surface area contributed by atoms with E-state index in [-0.39, 0.29) is 23.5 Å². The van der Waals surface area contributed by atoms with Crippen LogP contribution in [-0.2, 0) is 9.59 Å². The van der Waals surface area contributed by atoms with Gasteiger partial charge in [0.1, 0.15) is 17.9 Å². The molecule has 0 aliphatic carbocycles. The maximum atomic E-state index is 14.0. The van der Waals surface area contributed by atoms with Gasteiger partial charge in [0.2, 0.25) is 11.8 Å². The predicted molar refractivity (Wildman–Crippen MR) is 77.9 cm³/mol. The van der Waals surface area contributed by atoms with E-state index in [1.807, 2.05) is 13.8 Å². The van der Waals surface area contributed by atoms with E-state index in [2.05, 4.69) is 5.32 Å². The van der Waals surface area contributed by atoms with Crippen molar-refractivity contribution < 1.29 is 14.0 Å². The van der Waals surface area contributed by atoms with Crippen molar-refractivity contribution >= 4 is 11.8 Å². The van der Waals surface area contributed by atoms with Gasteiger partial charge in [0, 0.05) is 5.56 Å². The van der Waals surface area contributed by atoms with Gasteiger partial charge in [0.05, 0.1) is 6.04 Å². The maximum Gasteiger partial charge on any atom is 0.246 e. The van der Waals surface area contributed by atoms with Crippen LogP contribution >= 0.6 is 0 Å². The number of nitrogens with one attached hydrogen (secondary N) is 1. The number of rotatable bonds is 3. The summed E-state index contributed by atoms with van der Waals surface area (Å²) in [6.07, 6.45) is 0. The second-order valence-electron chi connectivity index (χ2n) is 5.86. The van der Waals surface area contributed by atoms with Gasteiger partial charge in [-0.2, -0.15) is 0 Å². The number of halogens is 1. The van der Waals surface area contributed by atoms with E-state index >= 15 is 0 Å². The molecule has 5 heteroatoms. The van der Waals surface area contributed by atoms with Gasteiger partial charge < -0.3 is 10.2 Å². The third-order valence-electron chi connectivity index (χ3n) is 3.96. The Balaban J connectivity index is 2.43. The van der Waals surface area contributed by atoms with Crippen LogP contribution in [0.15, 0.2) is 24.3 Å². The molecule has 1 aliphatic rings. The van der Waals surface area contributed by atoms with E-state index in [0.717, 1.165) is 0 Å². The van der Waals surface area contributed by atoms with E-state index in [9.17, 15) is 14.0 Å². The van der Waals surface area contributed by atoms with Crippen LogP contribution in [0.25, 0.3) is 0 Å². The average Bonchev–Trinajstić information content (AvgIpc) is 2.41. The summed E-state index contributed by atoms with van der Waals surface area (Å²) < 4.78 is 14.0. The summed E-state index contributed by atoms with van der Waals surface area (Å²) in [5.41, 5.74) is 0.429. The Morgan fingerprint density at radius 3 is 2.38 bits per heavy atom. The minimum Gasteiger partial charge on any atom is -0.343 e. The van der Waals surface area contributed by atoms with Crippen LogP contribution < -0.4 is 5.32 Å². The highest BCUT2D eigenvalue weighted by Crippen LogP contribution is 2.30. The van der Waals surface area contributed by atoms with Crippen molar-refractivity contribution in [2.45, 2.75) is 45.8 Å². The molecule has 3 atom stereocenters. The SMILES string of the molecule is CC1NC(=O)C(C(C)C)N(C(C)c2ccccc2F)C1=O. The predicted octanol–water partition coefficient (Wildman–Crippen LogP) is 2.26. The molecule has 2 amide bonds. The second kappa shape index (κ2) is 5.84. The zero-order valence-corrected chi connectivity index (χ0v) is 12.8. The lowest BCUT2D eigenvalue weighted by Gasteiger charge is -2.43. The smallest absolute Gasteiger partial charge is 0.246 e. The number of carbonyl (C=O) groups excluding carboxylic acids is 2. The number of hydrogen-bond acceptors (Lipinski definition) is 2. The van der Waals surface area contributed by atoms with Crippen LogP contribution in [0.3, 0.4) is 0 Å². The first-order valence-electron chi connectivity index (χ1n) is 7.21. The topological polar surface area (TPSA) is 49.4 Å². The third-order valence-corrected chi connectivity index (χ3v) is 3.96. The molecule has 1 heterocycles. The first-order valence-corrected chi connectivity index (χ1v) is 7.21. The lowest BCUT2D eigenvalue weighted by molar-refractivity contribution is -0.153. The summed E-state index contributed by atoms with van der Waals surface area (Å²) in [6, 6.07) is 4.72. The van der Waals surface area contributed by atoms with Crippen molar-refractivity contribution in [2.75, 3.05) is 0 Å². The van der Waals surface area contributed by atoms with Gasteiger partial charge in [0.25, 0.3) is 0 Å². The minimum atomic E-state index is -0.582. The maximum absolute atomic E-state index is 14.0. The van der Waals surface area contributed by atoms with Crippen molar-refractivity contribution in [1.29, 1.82) is 0 Å². The summed E-state index contributed by atoms with van der Waals surface area (Å²) >= 11 is 0. The molecule has 0 saturated carbocycles. The zero-order valence-electron chi connectivity index (χ0n) is 12.8. The van der Waals surface area contributed by atoms with Crippen LogP contribution in [0, 0.1) is 11.7 Å². The molecule has 4 nitrogen and oxygen atoms in total. The number of hydrogen-bond donors (Lipinski definition) is 1. The summed E-state index contributed by atoms with van der Waals surface area (Å²) in [5, 5.41) is 2.69. The molecule has 1 fully saturated rings. The van der Waals surface area contributed by atoms with Crippen molar-refractivity contribution in [1.82, 2.24) is 10.2 Å². The van der Waals surface area contributed by atoms with E-state index in [1.54, 1.807) is 32.0 Å². The van der Waals surface area contributed by atoms with Gasteiger partial charge in [-0.05, 0) is 25.8 Å². The fourth-order valence-corrected chi connectivity index (χ4v) is 2.87. The van der Waals surface area contributed by atoms with Crippen LogP contribution in [0.1, 0.15) is 39.3 Å². The molecule has 0 spiro atoms. The van der Waals surface area contributed by atoms with Crippen molar-refractivity contribution in [3.05, 3.63) is 35.6 Å². The molecule has 1 aromatic carbocycles. The molecular weight excluding hydrogens is 271 g/mol. The number of nitrogens with zero attached hydrogens (tertiary/aromatic N) is 1. The first-order chi connectivity index (χ1) is 9.84. The van der Waals surface area contributed by atoms with Gasteiger partial charge in [-0.1, -0.05) is 32.0 Å². The number of piperazine rings is 1. The molecule has 114 valence electrons. The summed E-state index contributed by atoms with van der Waals surface area (Å²) in [5.74, 6) is -0.765. The average molecular weight is 292 g/mol. The highest BCUT2D eigenvalue weighted by molar-refractivity contribution is 5.97. The van der Waals surface area contributed by atoms with E-state index in [1.165, 1.54) is 11.0 Å². The Hall–Kier alpha value is -1.91. The highest BCUT2D eigenvalue weighted by atomic mass is 19.1. The fraction of sp³-hybridized carbons (Fsp3) is 0.500. The normalized spacial score (nSPS) is 24.2. The minimum absolute atomic E-state index is 0.0457. The zero-order chi connectivity index (χ0) is 15.7. The van der Waals surface area contributed by atoms with Gasteiger partial charge in [0.15, 0.2) is 0 Å². The first kappa shape index (κ1) is 15.5. The van der Waals surface area contributed by atoms with Crippen molar-refractivity contribution in [3.8, 4) is 0 Å². The Labute approximate surface area is 124 Å². The van der Waals surface area contributed by atoms with Crippen LogP contribution in [0.4, 0.5) is 4.39 Å². The van der Waals surface area contributed by atoms with E-state index in [4.69, 9.17) is 0 Å². The molecule has 0 bridgehead atoms. The Bertz CT molecular complexity index is 559. The molecule has 1 aromatic rings. The number of benzene rings is 1. The Kier molecular flexibility index (Phi) is 4.30. The molecule has 2 rings (SSSR count). The summed E-state index contributed by atoms with van der Waals surface area (Å²) in [7, 11) is 0.